The highest BCUT2D eigenvalue weighted by Crippen LogP contribution is 2.22. The number of halogens is 1. The first-order valence-electron chi connectivity index (χ1n) is 8.97. The maximum absolute atomic E-state index is 12.4. The van der Waals surface area contributed by atoms with Crippen LogP contribution < -0.4 is 10.6 Å². The number of aryl methyl sites for hydroxylation is 1. The average molecular weight is 465 g/mol. The lowest BCUT2D eigenvalue weighted by atomic mass is 9.96. The molecule has 1 aliphatic heterocycles. The van der Waals surface area contributed by atoms with Crippen LogP contribution in [0.15, 0.2) is 34.2 Å². The number of rotatable bonds is 5. The van der Waals surface area contributed by atoms with Crippen molar-refractivity contribution >= 4 is 50.8 Å². The van der Waals surface area contributed by atoms with E-state index in [0.717, 1.165) is 9.35 Å². The number of piperidine rings is 1. The van der Waals surface area contributed by atoms with E-state index in [-0.39, 0.29) is 30.2 Å². The van der Waals surface area contributed by atoms with Crippen LogP contribution in [0.1, 0.15) is 28.1 Å². The highest BCUT2D eigenvalue weighted by Gasteiger charge is 2.27. The highest BCUT2D eigenvalue weighted by molar-refractivity contribution is 9.11. The summed E-state index contributed by atoms with van der Waals surface area (Å²) in [6.07, 6.45) is 2.89. The number of pyridine rings is 1. The van der Waals surface area contributed by atoms with Gasteiger partial charge in [0.05, 0.1) is 15.2 Å². The van der Waals surface area contributed by atoms with E-state index in [1.54, 1.807) is 29.3 Å². The Hall–Kier alpha value is -2.26. The van der Waals surface area contributed by atoms with E-state index in [9.17, 15) is 14.4 Å². The number of aromatic nitrogens is 1. The van der Waals surface area contributed by atoms with Crippen LogP contribution in [0, 0.1) is 12.8 Å². The first-order valence-corrected chi connectivity index (χ1v) is 10.6. The van der Waals surface area contributed by atoms with E-state index >= 15 is 0 Å². The minimum atomic E-state index is -0.260. The van der Waals surface area contributed by atoms with Crippen molar-refractivity contribution in [2.45, 2.75) is 19.8 Å². The molecule has 3 rings (SSSR count). The molecule has 0 aliphatic carbocycles. The number of nitrogens with one attached hydrogen (secondary N) is 2. The van der Waals surface area contributed by atoms with Crippen molar-refractivity contribution in [2.24, 2.45) is 5.92 Å². The van der Waals surface area contributed by atoms with Crippen molar-refractivity contribution in [3.05, 3.63) is 44.7 Å². The molecule has 1 fully saturated rings. The molecule has 1 aliphatic rings. The molecule has 0 unspecified atom stereocenters. The molecule has 7 nitrogen and oxygen atoms in total. The van der Waals surface area contributed by atoms with Crippen molar-refractivity contribution in [1.29, 1.82) is 0 Å². The lowest BCUT2D eigenvalue weighted by Gasteiger charge is -2.31. The van der Waals surface area contributed by atoms with Gasteiger partial charge in [0.2, 0.25) is 11.8 Å². The van der Waals surface area contributed by atoms with Crippen LogP contribution in [0.5, 0.6) is 0 Å². The van der Waals surface area contributed by atoms with Gasteiger partial charge in [-0.15, -0.1) is 11.3 Å². The molecule has 2 aromatic heterocycles. The fraction of sp³-hybridized carbons (Fsp3) is 0.368. The number of likely N-dealkylation sites (tertiary alicyclic amines) is 1. The van der Waals surface area contributed by atoms with Gasteiger partial charge in [-0.2, -0.15) is 0 Å². The van der Waals surface area contributed by atoms with E-state index in [2.05, 4.69) is 31.5 Å². The van der Waals surface area contributed by atoms with Crippen molar-refractivity contribution in [2.75, 3.05) is 25.0 Å². The number of carbonyl (C=O) groups is 3. The fourth-order valence-corrected chi connectivity index (χ4v) is 4.25. The van der Waals surface area contributed by atoms with Gasteiger partial charge in [0.1, 0.15) is 5.82 Å². The maximum Gasteiger partial charge on any atom is 0.261 e. The van der Waals surface area contributed by atoms with Crippen molar-refractivity contribution in [3.63, 3.8) is 0 Å². The summed E-state index contributed by atoms with van der Waals surface area (Å²) in [4.78, 5) is 43.2. The molecule has 9 heteroatoms. The third-order valence-electron chi connectivity index (χ3n) is 4.58. The van der Waals surface area contributed by atoms with Gasteiger partial charge in [0.25, 0.3) is 5.91 Å². The van der Waals surface area contributed by atoms with Crippen LogP contribution in [0.25, 0.3) is 0 Å². The van der Waals surface area contributed by atoms with Gasteiger partial charge in [-0.05, 0) is 59.5 Å². The molecule has 2 N–H and O–H groups in total. The van der Waals surface area contributed by atoms with Gasteiger partial charge < -0.3 is 15.5 Å². The van der Waals surface area contributed by atoms with Crippen molar-refractivity contribution in [1.82, 2.24) is 15.2 Å². The van der Waals surface area contributed by atoms with Gasteiger partial charge >= 0.3 is 0 Å². The number of amides is 3. The SMILES string of the molecule is Cc1ccc(NC(=O)C2CCN(C(=O)CNC(=O)c3ccc(Br)s3)CC2)nc1. The molecule has 0 spiro atoms. The first-order chi connectivity index (χ1) is 13.4. The Balaban J connectivity index is 1.42. The van der Waals surface area contributed by atoms with Gasteiger partial charge in [-0.25, -0.2) is 4.98 Å². The molecule has 2 aromatic rings. The highest BCUT2D eigenvalue weighted by atomic mass is 79.9. The van der Waals surface area contributed by atoms with E-state index in [1.807, 2.05) is 13.0 Å². The summed E-state index contributed by atoms with van der Waals surface area (Å²) in [5.74, 6) is -0.0748. The lowest BCUT2D eigenvalue weighted by molar-refractivity contribution is -0.133. The zero-order valence-corrected chi connectivity index (χ0v) is 17.8. The smallest absolute Gasteiger partial charge is 0.261 e. The average Bonchev–Trinajstić information content (AvgIpc) is 3.14. The fourth-order valence-electron chi connectivity index (χ4n) is 2.95. The second-order valence-electron chi connectivity index (χ2n) is 6.65. The third-order valence-corrected chi connectivity index (χ3v) is 6.20. The maximum atomic E-state index is 12.4. The third kappa shape index (κ3) is 5.39. The van der Waals surface area contributed by atoms with Crippen LogP contribution >= 0.6 is 27.3 Å². The van der Waals surface area contributed by atoms with E-state index < -0.39 is 0 Å². The topological polar surface area (TPSA) is 91.4 Å². The van der Waals surface area contributed by atoms with E-state index in [1.165, 1.54) is 11.3 Å². The number of nitrogens with zero attached hydrogens (tertiary/aromatic N) is 2. The van der Waals surface area contributed by atoms with Crippen molar-refractivity contribution < 1.29 is 14.4 Å². The molecule has 0 aromatic carbocycles. The van der Waals surface area contributed by atoms with Gasteiger partial charge in [0, 0.05) is 25.2 Å². The summed E-state index contributed by atoms with van der Waals surface area (Å²) < 4.78 is 0.866. The molecule has 0 radical (unpaired) electrons. The molecule has 0 atom stereocenters. The first kappa shape index (κ1) is 20.5. The molecule has 148 valence electrons. The molecule has 0 bridgehead atoms. The summed E-state index contributed by atoms with van der Waals surface area (Å²) in [5.41, 5.74) is 1.03. The number of thiophene rings is 1. The zero-order chi connectivity index (χ0) is 20.1. The van der Waals surface area contributed by atoms with Crippen molar-refractivity contribution in [3.8, 4) is 0 Å². The van der Waals surface area contributed by atoms with Crippen LogP contribution in [-0.4, -0.2) is 47.2 Å². The second-order valence-corrected chi connectivity index (χ2v) is 9.11. The van der Waals surface area contributed by atoms with E-state index in [0.29, 0.717) is 36.6 Å². The minimum absolute atomic E-state index is 0.0432. The van der Waals surface area contributed by atoms with E-state index in [4.69, 9.17) is 0 Å². The quantitative estimate of drug-likeness (QED) is 0.711. The summed E-state index contributed by atoms with van der Waals surface area (Å²) in [5, 5.41) is 5.48. The van der Waals surface area contributed by atoms with Gasteiger partial charge in [0.15, 0.2) is 0 Å². The van der Waals surface area contributed by atoms with Crippen LogP contribution in [0.2, 0.25) is 0 Å². The predicted octanol–water partition coefficient (Wildman–Crippen LogP) is 2.82. The summed E-state index contributed by atoms with van der Waals surface area (Å²) in [6, 6.07) is 7.18. The number of hydrogen-bond donors (Lipinski definition) is 2. The number of anilines is 1. The van der Waals surface area contributed by atoms with Crippen LogP contribution in [0.4, 0.5) is 5.82 Å². The van der Waals surface area contributed by atoms with Gasteiger partial charge in [-0.1, -0.05) is 6.07 Å². The van der Waals surface area contributed by atoms with Gasteiger partial charge in [-0.3, -0.25) is 14.4 Å². The molecule has 3 amide bonds. The zero-order valence-electron chi connectivity index (χ0n) is 15.4. The lowest BCUT2D eigenvalue weighted by Crippen LogP contribution is -2.45. The number of hydrogen-bond acceptors (Lipinski definition) is 5. The van der Waals surface area contributed by atoms with Crippen LogP contribution in [-0.2, 0) is 9.59 Å². The molecular formula is C19H21BrN4O3S. The number of carbonyl (C=O) groups excluding carboxylic acids is 3. The molecular weight excluding hydrogens is 444 g/mol. The Morgan fingerprint density at radius 3 is 2.57 bits per heavy atom. The predicted molar refractivity (Wildman–Crippen MR) is 111 cm³/mol. The standard InChI is InChI=1S/C19H21BrN4O3S/c1-12-2-5-16(21-10-12)23-18(26)13-6-8-24(9-7-13)17(25)11-22-19(27)14-3-4-15(20)28-14/h2-5,10,13H,6-9,11H2,1H3,(H,22,27)(H,21,23,26). The Morgan fingerprint density at radius 2 is 1.96 bits per heavy atom. The monoisotopic (exact) mass is 464 g/mol. The summed E-state index contributed by atoms with van der Waals surface area (Å²) >= 11 is 4.63. The Bertz CT molecular complexity index is 860. The molecule has 1 saturated heterocycles. The molecule has 0 saturated carbocycles. The Kier molecular flexibility index (Phi) is 6.79. The summed E-state index contributed by atoms with van der Waals surface area (Å²) in [6.45, 7) is 2.89. The van der Waals surface area contributed by atoms with Crippen LogP contribution in [0.3, 0.4) is 0 Å². The Labute approximate surface area is 175 Å². The second kappa shape index (κ2) is 9.29. The largest absolute Gasteiger partial charge is 0.342 e. The molecule has 28 heavy (non-hydrogen) atoms. The minimum Gasteiger partial charge on any atom is -0.342 e. The normalized spacial score (nSPS) is 14.6. The molecule has 3 heterocycles. The Morgan fingerprint density at radius 1 is 1.21 bits per heavy atom. The summed E-state index contributed by atoms with van der Waals surface area (Å²) in [7, 11) is 0.